The van der Waals surface area contributed by atoms with Gasteiger partial charge in [0, 0.05) is 11.8 Å². The normalized spacial score (nSPS) is 11.9. The van der Waals surface area contributed by atoms with Gasteiger partial charge in [0.1, 0.15) is 11.5 Å². The highest BCUT2D eigenvalue weighted by Crippen LogP contribution is 2.17. The number of rotatable bonds is 5. The van der Waals surface area contributed by atoms with Gasteiger partial charge in [-0.25, -0.2) is 4.99 Å². The molecule has 0 amide bonds. The second-order valence-electron chi connectivity index (χ2n) is 5.28. The Kier molecular flexibility index (Phi) is 5.56. The van der Waals surface area contributed by atoms with E-state index < -0.39 is 0 Å². The molecule has 1 heterocycles. The van der Waals surface area contributed by atoms with E-state index in [9.17, 15) is 0 Å². The first-order valence-electron chi connectivity index (χ1n) is 7.92. The molecule has 3 aromatic rings. The van der Waals surface area contributed by atoms with E-state index in [1.807, 2.05) is 79.7 Å². The van der Waals surface area contributed by atoms with E-state index in [1.54, 1.807) is 18.7 Å². The van der Waals surface area contributed by atoms with Crippen molar-refractivity contribution in [3.63, 3.8) is 0 Å². The predicted molar refractivity (Wildman–Crippen MR) is 99.2 cm³/mol. The molecule has 0 spiro atoms. The highest BCUT2D eigenvalue weighted by atomic mass is 16.5. The zero-order valence-electron chi connectivity index (χ0n) is 13.9. The average Bonchev–Trinajstić information content (AvgIpc) is 2.68. The minimum Gasteiger partial charge on any atom is -0.465 e. The number of hydrogen-bond donors (Lipinski definition) is 0. The fraction of sp³-hybridized carbons (Fsp3) is 0.0476. The van der Waals surface area contributed by atoms with Gasteiger partial charge in [-0.05, 0) is 43.3 Å². The summed E-state index contributed by atoms with van der Waals surface area (Å²) in [6, 6.07) is 22.8. The van der Waals surface area contributed by atoms with Gasteiger partial charge < -0.3 is 9.47 Å². The molecular formula is C21H18N2O2. The Bertz CT molecular complexity index is 845. The number of nitrogens with zero attached hydrogens (tertiary/aromatic N) is 2. The monoisotopic (exact) mass is 330 g/mol. The van der Waals surface area contributed by atoms with Gasteiger partial charge in [0.2, 0.25) is 5.90 Å². The van der Waals surface area contributed by atoms with E-state index in [0.717, 1.165) is 11.3 Å². The molecule has 0 aliphatic rings. The average molecular weight is 330 g/mol. The van der Waals surface area contributed by atoms with Crippen molar-refractivity contribution < 1.29 is 9.47 Å². The van der Waals surface area contributed by atoms with Crippen LogP contribution in [0.3, 0.4) is 0 Å². The minimum absolute atomic E-state index is 0.454. The van der Waals surface area contributed by atoms with Gasteiger partial charge in [0.15, 0.2) is 0 Å². The topological polar surface area (TPSA) is 43.7 Å². The molecule has 3 rings (SSSR count). The lowest BCUT2D eigenvalue weighted by Gasteiger charge is -2.10. The molecule has 0 unspecified atom stereocenters. The molecule has 0 saturated heterocycles. The Morgan fingerprint density at radius 3 is 2.20 bits per heavy atom. The van der Waals surface area contributed by atoms with Crippen LogP contribution in [0, 0.1) is 0 Å². The molecule has 0 fully saturated rings. The quantitative estimate of drug-likeness (QED) is 0.368. The largest absolute Gasteiger partial charge is 0.465 e. The molecule has 4 heteroatoms. The predicted octanol–water partition coefficient (Wildman–Crippen LogP) is 5.17. The van der Waals surface area contributed by atoms with Crippen LogP contribution in [0.15, 0.2) is 102 Å². The van der Waals surface area contributed by atoms with Crippen molar-refractivity contribution >= 4 is 11.6 Å². The molecule has 1 aromatic heterocycles. The molecule has 124 valence electrons. The van der Waals surface area contributed by atoms with Crippen molar-refractivity contribution in [1.29, 1.82) is 0 Å². The number of ether oxygens (including phenoxy) is 2. The first-order valence-corrected chi connectivity index (χ1v) is 7.92. The van der Waals surface area contributed by atoms with Crippen LogP contribution in [0.5, 0.6) is 11.5 Å². The smallest absolute Gasteiger partial charge is 0.225 e. The first kappa shape index (κ1) is 16.5. The summed E-state index contributed by atoms with van der Waals surface area (Å²) in [5.41, 5.74) is 1.47. The van der Waals surface area contributed by atoms with Gasteiger partial charge in [0.25, 0.3) is 0 Å². The summed E-state index contributed by atoms with van der Waals surface area (Å²) in [5, 5.41) is 0. The zero-order valence-corrected chi connectivity index (χ0v) is 13.9. The lowest BCUT2D eigenvalue weighted by atomic mass is 10.3. The van der Waals surface area contributed by atoms with Gasteiger partial charge in [-0.3, -0.25) is 4.98 Å². The van der Waals surface area contributed by atoms with Crippen LogP contribution >= 0.6 is 0 Å². The number of benzene rings is 2. The maximum absolute atomic E-state index is 5.94. The van der Waals surface area contributed by atoms with Crippen LogP contribution in [-0.4, -0.2) is 10.9 Å². The molecule has 25 heavy (non-hydrogen) atoms. The molecular weight excluding hydrogens is 312 g/mol. The summed E-state index contributed by atoms with van der Waals surface area (Å²) >= 11 is 0. The van der Waals surface area contributed by atoms with Crippen LogP contribution in [-0.2, 0) is 0 Å². The number of aliphatic imine (C=N–C) groups is 1. The Labute approximate surface area is 147 Å². The second kappa shape index (κ2) is 8.45. The fourth-order valence-corrected chi connectivity index (χ4v) is 2.03. The first-order chi connectivity index (χ1) is 12.3. The molecule has 0 atom stereocenters. The van der Waals surface area contributed by atoms with Crippen molar-refractivity contribution in [1.82, 2.24) is 4.98 Å². The molecule has 0 aliphatic carbocycles. The van der Waals surface area contributed by atoms with Crippen molar-refractivity contribution in [2.45, 2.75) is 6.92 Å². The Morgan fingerprint density at radius 2 is 1.56 bits per heavy atom. The van der Waals surface area contributed by atoms with E-state index in [-0.39, 0.29) is 0 Å². The van der Waals surface area contributed by atoms with Crippen molar-refractivity contribution in [3.8, 4) is 11.5 Å². The summed E-state index contributed by atoms with van der Waals surface area (Å²) in [4.78, 5) is 8.63. The van der Waals surface area contributed by atoms with E-state index in [0.29, 0.717) is 17.3 Å². The van der Waals surface area contributed by atoms with Crippen LogP contribution in [0.4, 0.5) is 5.69 Å². The third-order valence-corrected chi connectivity index (χ3v) is 3.29. The summed E-state index contributed by atoms with van der Waals surface area (Å²) in [6.45, 7) is 1.89. The summed E-state index contributed by atoms with van der Waals surface area (Å²) in [6.07, 6.45) is 5.02. The number of pyridine rings is 1. The number of para-hydroxylation sites is 2. The van der Waals surface area contributed by atoms with Gasteiger partial charge in [0.05, 0.1) is 18.1 Å². The van der Waals surface area contributed by atoms with Crippen LogP contribution in [0.1, 0.15) is 6.92 Å². The van der Waals surface area contributed by atoms with E-state index in [1.165, 1.54) is 0 Å². The SMILES string of the molecule is CC(=C\Oc1ccccc1)/C(=N/c1cccnc1)Oc1ccccc1. The molecule has 2 aromatic carbocycles. The third kappa shape index (κ3) is 5.04. The van der Waals surface area contributed by atoms with Crippen LogP contribution in [0.25, 0.3) is 0 Å². The molecule has 0 aliphatic heterocycles. The highest BCUT2D eigenvalue weighted by Gasteiger charge is 2.07. The lowest BCUT2D eigenvalue weighted by molar-refractivity contribution is 0.473. The van der Waals surface area contributed by atoms with Gasteiger partial charge in [-0.15, -0.1) is 0 Å². The van der Waals surface area contributed by atoms with Crippen molar-refractivity contribution in [2.75, 3.05) is 0 Å². The van der Waals surface area contributed by atoms with Gasteiger partial charge in [-0.2, -0.15) is 0 Å². The standard InChI is InChI=1S/C21H18N2O2/c1-17(16-24-19-10-4-2-5-11-19)21(23-18-9-8-14-22-15-18)25-20-12-6-3-7-13-20/h2-16H,1H3/b17-16+,23-21-. The fourth-order valence-electron chi connectivity index (χ4n) is 2.03. The number of hydrogen-bond acceptors (Lipinski definition) is 4. The Morgan fingerprint density at radius 1 is 0.880 bits per heavy atom. The third-order valence-electron chi connectivity index (χ3n) is 3.29. The van der Waals surface area contributed by atoms with Crippen LogP contribution in [0.2, 0.25) is 0 Å². The summed E-state index contributed by atoms with van der Waals surface area (Å²) in [5.74, 6) is 1.91. The van der Waals surface area contributed by atoms with Crippen LogP contribution < -0.4 is 9.47 Å². The van der Waals surface area contributed by atoms with Gasteiger partial charge in [-0.1, -0.05) is 36.4 Å². The zero-order chi connectivity index (χ0) is 17.3. The molecule has 4 nitrogen and oxygen atoms in total. The molecule has 0 radical (unpaired) electrons. The van der Waals surface area contributed by atoms with E-state index in [2.05, 4.69) is 9.98 Å². The molecule has 0 N–H and O–H groups in total. The molecule has 0 saturated carbocycles. The van der Waals surface area contributed by atoms with Crippen molar-refractivity contribution in [2.24, 2.45) is 4.99 Å². The van der Waals surface area contributed by atoms with Gasteiger partial charge >= 0.3 is 0 Å². The highest BCUT2D eigenvalue weighted by molar-refractivity contribution is 5.96. The lowest BCUT2D eigenvalue weighted by Crippen LogP contribution is -2.10. The maximum atomic E-state index is 5.94. The van der Waals surface area contributed by atoms with E-state index >= 15 is 0 Å². The molecule has 0 bridgehead atoms. The van der Waals surface area contributed by atoms with Crippen molar-refractivity contribution in [3.05, 3.63) is 97.0 Å². The number of aromatic nitrogens is 1. The summed E-state index contributed by atoms with van der Waals surface area (Å²) in [7, 11) is 0. The summed E-state index contributed by atoms with van der Waals surface area (Å²) < 4.78 is 11.6. The van der Waals surface area contributed by atoms with E-state index in [4.69, 9.17) is 9.47 Å². The minimum atomic E-state index is 0.454. The Hall–Kier alpha value is -3.40. The second-order valence-corrected chi connectivity index (χ2v) is 5.28. The Balaban J connectivity index is 1.86. The maximum Gasteiger partial charge on any atom is 0.225 e.